The largest absolute Gasteiger partial charge is 0.314 e. The van der Waals surface area contributed by atoms with Crippen LogP contribution < -0.4 is 5.32 Å². The van der Waals surface area contributed by atoms with Gasteiger partial charge in [0, 0.05) is 19.5 Å². The van der Waals surface area contributed by atoms with Gasteiger partial charge in [-0.15, -0.1) is 0 Å². The molecule has 0 saturated heterocycles. The lowest BCUT2D eigenvalue weighted by molar-refractivity contribution is 0.424. The molecule has 1 aromatic heterocycles. The van der Waals surface area contributed by atoms with Crippen LogP contribution in [0.25, 0.3) is 0 Å². The quantitative estimate of drug-likeness (QED) is 0.767. The molecule has 0 aromatic carbocycles. The smallest absolute Gasteiger partial charge is 0.138 e. The van der Waals surface area contributed by atoms with Gasteiger partial charge >= 0.3 is 0 Å². The number of aryl methyl sites for hydroxylation is 1. The SMILES string of the molecule is CCNC(CCC(C)C)Cc1ncnn1C. The maximum absolute atomic E-state index is 4.28. The van der Waals surface area contributed by atoms with E-state index in [-0.39, 0.29) is 0 Å². The highest BCUT2D eigenvalue weighted by molar-refractivity contribution is 4.88. The van der Waals surface area contributed by atoms with Crippen molar-refractivity contribution in [3.8, 4) is 0 Å². The normalized spacial score (nSPS) is 13.3. The molecule has 0 amide bonds. The summed E-state index contributed by atoms with van der Waals surface area (Å²) in [5, 5.41) is 7.63. The molecular formula is C12H24N4. The summed E-state index contributed by atoms with van der Waals surface area (Å²) in [6.45, 7) is 7.70. The van der Waals surface area contributed by atoms with Crippen molar-refractivity contribution in [2.45, 2.75) is 46.1 Å². The first kappa shape index (κ1) is 13.2. The molecule has 0 aliphatic heterocycles. The Balaban J connectivity index is 2.47. The second-order valence-corrected chi connectivity index (χ2v) is 4.73. The van der Waals surface area contributed by atoms with Crippen molar-refractivity contribution in [2.75, 3.05) is 6.54 Å². The van der Waals surface area contributed by atoms with Gasteiger partial charge in [-0.05, 0) is 25.3 Å². The van der Waals surface area contributed by atoms with Gasteiger partial charge in [-0.25, -0.2) is 4.98 Å². The van der Waals surface area contributed by atoms with Crippen LogP contribution in [0.15, 0.2) is 6.33 Å². The maximum atomic E-state index is 4.28. The number of aromatic nitrogens is 3. The van der Waals surface area contributed by atoms with Crippen molar-refractivity contribution in [1.82, 2.24) is 20.1 Å². The van der Waals surface area contributed by atoms with Crippen molar-refractivity contribution < 1.29 is 0 Å². The molecule has 92 valence electrons. The monoisotopic (exact) mass is 224 g/mol. The van der Waals surface area contributed by atoms with Gasteiger partial charge in [-0.1, -0.05) is 20.8 Å². The lowest BCUT2D eigenvalue weighted by Gasteiger charge is -2.18. The van der Waals surface area contributed by atoms with Gasteiger partial charge in [0.25, 0.3) is 0 Å². The molecule has 0 aliphatic rings. The van der Waals surface area contributed by atoms with Crippen LogP contribution in [0.1, 0.15) is 39.4 Å². The van der Waals surface area contributed by atoms with Crippen molar-refractivity contribution in [1.29, 1.82) is 0 Å². The molecule has 1 rings (SSSR count). The van der Waals surface area contributed by atoms with E-state index in [0.717, 1.165) is 24.7 Å². The molecule has 1 atom stereocenters. The first-order valence-electron chi connectivity index (χ1n) is 6.19. The van der Waals surface area contributed by atoms with E-state index in [1.165, 1.54) is 12.8 Å². The standard InChI is InChI=1S/C12H24N4/c1-5-13-11(7-6-10(2)3)8-12-14-9-15-16(12)4/h9-11,13H,5-8H2,1-4H3. The van der Waals surface area contributed by atoms with Gasteiger partial charge < -0.3 is 5.32 Å². The number of nitrogens with zero attached hydrogens (tertiary/aromatic N) is 3. The second-order valence-electron chi connectivity index (χ2n) is 4.73. The molecule has 4 nitrogen and oxygen atoms in total. The molecule has 4 heteroatoms. The van der Waals surface area contributed by atoms with E-state index in [9.17, 15) is 0 Å². The Bertz CT molecular complexity index is 293. The van der Waals surface area contributed by atoms with Crippen molar-refractivity contribution in [3.05, 3.63) is 12.2 Å². The van der Waals surface area contributed by atoms with Crippen molar-refractivity contribution in [2.24, 2.45) is 13.0 Å². The Morgan fingerprint density at radius 3 is 2.62 bits per heavy atom. The third-order valence-corrected chi connectivity index (χ3v) is 2.82. The zero-order valence-corrected chi connectivity index (χ0v) is 10.9. The van der Waals surface area contributed by atoms with Crippen LogP contribution in [0.2, 0.25) is 0 Å². The predicted molar refractivity (Wildman–Crippen MR) is 66.2 cm³/mol. The molecule has 0 aliphatic carbocycles. The fourth-order valence-corrected chi connectivity index (χ4v) is 1.82. The number of rotatable bonds is 7. The molecule has 1 aromatic rings. The minimum atomic E-state index is 0.523. The summed E-state index contributed by atoms with van der Waals surface area (Å²) in [4.78, 5) is 4.28. The minimum Gasteiger partial charge on any atom is -0.314 e. The Kier molecular flexibility index (Phi) is 5.46. The Morgan fingerprint density at radius 1 is 1.38 bits per heavy atom. The highest BCUT2D eigenvalue weighted by Gasteiger charge is 2.12. The van der Waals surface area contributed by atoms with Crippen molar-refractivity contribution >= 4 is 0 Å². The van der Waals surface area contributed by atoms with E-state index in [2.05, 4.69) is 36.2 Å². The van der Waals surface area contributed by atoms with E-state index in [1.54, 1.807) is 6.33 Å². The molecule has 16 heavy (non-hydrogen) atoms. The third kappa shape index (κ3) is 4.31. The number of likely N-dealkylation sites (N-methyl/N-ethyl adjacent to an activating group) is 1. The first-order valence-corrected chi connectivity index (χ1v) is 6.19. The van der Waals surface area contributed by atoms with Crippen LogP contribution >= 0.6 is 0 Å². The minimum absolute atomic E-state index is 0.523. The highest BCUT2D eigenvalue weighted by Crippen LogP contribution is 2.10. The molecular weight excluding hydrogens is 200 g/mol. The first-order chi connectivity index (χ1) is 7.63. The van der Waals surface area contributed by atoms with E-state index in [1.807, 2.05) is 11.7 Å². The molecule has 0 radical (unpaired) electrons. The Labute approximate surface area is 98.5 Å². The molecule has 1 unspecified atom stereocenters. The van der Waals surface area contributed by atoms with E-state index >= 15 is 0 Å². The van der Waals surface area contributed by atoms with Crippen LogP contribution in [0, 0.1) is 5.92 Å². The van der Waals surface area contributed by atoms with Crippen LogP contribution in [0.3, 0.4) is 0 Å². The summed E-state index contributed by atoms with van der Waals surface area (Å²) in [5.41, 5.74) is 0. The number of nitrogens with one attached hydrogen (secondary N) is 1. The van der Waals surface area contributed by atoms with E-state index in [0.29, 0.717) is 6.04 Å². The fourth-order valence-electron chi connectivity index (χ4n) is 1.82. The van der Waals surface area contributed by atoms with Crippen LogP contribution in [0.4, 0.5) is 0 Å². The summed E-state index contributed by atoms with van der Waals surface area (Å²) in [6.07, 6.45) is 5.06. The number of hydrogen-bond acceptors (Lipinski definition) is 3. The van der Waals surface area contributed by atoms with Crippen LogP contribution in [0.5, 0.6) is 0 Å². The van der Waals surface area contributed by atoms with Gasteiger partial charge in [0.2, 0.25) is 0 Å². The number of hydrogen-bond donors (Lipinski definition) is 1. The molecule has 0 spiro atoms. The van der Waals surface area contributed by atoms with Crippen molar-refractivity contribution in [3.63, 3.8) is 0 Å². The van der Waals surface area contributed by atoms with E-state index < -0.39 is 0 Å². The Hall–Kier alpha value is -0.900. The Morgan fingerprint density at radius 2 is 2.12 bits per heavy atom. The molecule has 1 N–H and O–H groups in total. The molecule has 0 fully saturated rings. The summed E-state index contributed by atoms with van der Waals surface area (Å²) in [7, 11) is 1.95. The average Bonchev–Trinajstić information content (AvgIpc) is 2.61. The summed E-state index contributed by atoms with van der Waals surface area (Å²) in [6, 6.07) is 0.523. The molecule has 1 heterocycles. The molecule has 0 saturated carbocycles. The lowest BCUT2D eigenvalue weighted by atomic mass is 10.0. The molecule has 0 bridgehead atoms. The van der Waals surface area contributed by atoms with E-state index in [4.69, 9.17) is 0 Å². The van der Waals surface area contributed by atoms with Gasteiger partial charge in [0.05, 0.1) is 0 Å². The second kappa shape index (κ2) is 6.63. The van der Waals surface area contributed by atoms with Gasteiger partial charge in [-0.3, -0.25) is 4.68 Å². The predicted octanol–water partition coefficient (Wildman–Crippen LogP) is 1.77. The fraction of sp³-hybridized carbons (Fsp3) is 0.833. The zero-order chi connectivity index (χ0) is 12.0. The van der Waals surface area contributed by atoms with Gasteiger partial charge in [0.1, 0.15) is 12.2 Å². The van der Waals surface area contributed by atoms with Gasteiger partial charge in [-0.2, -0.15) is 5.10 Å². The zero-order valence-electron chi connectivity index (χ0n) is 10.9. The summed E-state index contributed by atoms with van der Waals surface area (Å²) in [5.74, 6) is 1.83. The average molecular weight is 224 g/mol. The summed E-state index contributed by atoms with van der Waals surface area (Å²) >= 11 is 0. The topological polar surface area (TPSA) is 42.7 Å². The lowest BCUT2D eigenvalue weighted by Crippen LogP contribution is -2.32. The van der Waals surface area contributed by atoms with Crippen LogP contribution in [-0.4, -0.2) is 27.4 Å². The maximum Gasteiger partial charge on any atom is 0.138 e. The summed E-state index contributed by atoms with van der Waals surface area (Å²) < 4.78 is 1.86. The highest BCUT2D eigenvalue weighted by atomic mass is 15.3. The third-order valence-electron chi connectivity index (χ3n) is 2.82. The van der Waals surface area contributed by atoms with Gasteiger partial charge in [0.15, 0.2) is 0 Å². The van der Waals surface area contributed by atoms with Crippen LogP contribution in [-0.2, 0) is 13.5 Å².